The predicted octanol–water partition coefficient (Wildman–Crippen LogP) is 3.40. The Morgan fingerprint density at radius 2 is 2.20 bits per heavy atom. The van der Waals surface area contributed by atoms with E-state index in [1.54, 1.807) is 0 Å². The van der Waals surface area contributed by atoms with Crippen molar-refractivity contribution in [1.82, 2.24) is 20.5 Å². The topological polar surface area (TPSA) is 53.6 Å². The molecule has 1 aliphatic carbocycles. The average Bonchev–Trinajstić information content (AvgIpc) is 2.82. The van der Waals surface area contributed by atoms with E-state index < -0.39 is 0 Å². The zero-order chi connectivity index (χ0) is 14.5. The van der Waals surface area contributed by atoms with Gasteiger partial charge in [0.25, 0.3) is 0 Å². The Labute approximate surface area is 126 Å². The van der Waals surface area contributed by atoms with Crippen LogP contribution in [0.2, 0.25) is 0 Å². The normalized spacial score (nSPS) is 27.1. The van der Waals surface area contributed by atoms with Gasteiger partial charge in [-0.05, 0) is 51.0 Å². The van der Waals surface area contributed by atoms with Gasteiger partial charge in [-0.3, -0.25) is 5.10 Å². The molecule has 1 saturated carbocycles. The molecule has 114 valence electrons. The number of aromatic nitrogens is 3. The van der Waals surface area contributed by atoms with Gasteiger partial charge in [0.2, 0.25) is 5.16 Å². The molecule has 0 aromatic carbocycles. The second kappa shape index (κ2) is 7.46. The highest BCUT2D eigenvalue weighted by Crippen LogP contribution is 2.38. The number of hydrogen-bond donors (Lipinski definition) is 2. The van der Waals surface area contributed by atoms with Crippen LogP contribution in [0.3, 0.4) is 0 Å². The molecule has 2 rings (SSSR count). The van der Waals surface area contributed by atoms with E-state index in [-0.39, 0.29) is 0 Å². The van der Waals surface area contributed by atoms with E-state index in [1.807, 2.05) is 18.7 Å². The Morgan fingerprint density at radius 3 is 2.80 bits per heavy atom. The molecule has 5 heteroatoms. The van der Waals surface area contributed by atoms with Gasteiger partial charge in [-0.2, -0.15) is 0 Å². The number of rotatable bonds is 6. The number of hydrogen-bond acceptors (Lipinski definition) is 4. The summed E-state index contributed by atoms with van der Waals surface area (Å²) in [5.41, 5.74) is 0. The molecule has 0 spiro atoms. The molecule has 20 heavy (non-hydrogen) atoms. The van der Waals surface area contributed by atoms with E-state index in [0.717, 1.165) is 29.4 Å². The minimum absolute atomic E-state index is 0.595. The van der Waals surface area contributed by atoms with Gasteiger partial charge in [-0.25, -0.2) is 4.98 Å². The fraction of sp³-hybridized carbons (Fsp3) is 0.867. The molecule has 1 fully saturated rings. The molecular formula is C15H28N4S. The van der Waals surface area contributed by atoms with Gasteiger partial charge in [0, 0.05) is 11.3 Å². The number of aryl methyl sites for hydroxylation is 1. The lowest BCUT2D eigenvalue weighted by Gasteiger charge is -2.37. The van der Waals surface area contributed by atoms with Gasteiger partial charge in [0.05, 0.1) is 0 Å². The minimum Gasteiger partial charge on any atom is -0.313 e. The molecule has 4 nitrogen and oxygen atoms in total. The van der Waals surface area contributed by atoms with Crippen molar-refractivity contribution in [2.45, 2.75) is 69.8 Å². The summed E-state index contributed by atoms with van der Waals surface area (Å²) in [5.74, 6) is 2.52. The molecular weight excluding hydrogens is 268 g/mol. The van der Waals surface area contributed by atoms with Crippen LogP contribution in [0.4, 0.5) is 0 Å². The first-order valence-electron chi connectivity index (χ1n) is 7.89. The standard InChI is InChI=1S/C15H28N4S/c1-5-8-16-13-7-6-12(10(2)3)9-14(13)20-15-17-11(4)18-19-15/h10,12-14,16H,5-9H2,1-4H3,(H,17,18,19). The summed E-state index contributed by atoms with van der Waals surface area (Å²) in [6, 6.07) is 0.605. The van der Waals surface area contributed by atoms with Gasteiger partial charge < -0.3 is 5.32 Å². The lowest BCUT2D eigenvalue weighted by molar-refractivity contribution is 0.246. The van der Waals surface area contributed by atoms with Crippen LogP contribution < -0.4 is 5.32 Å². The first kappa shape index (κ1) is 15.8. The fourth-order valence-electron chi connectivity index (χ4n) is 2.97. The second-order valence-corrected chi connectivity index (χ2v) is 7.44. The first-order valence-corrected chi connectivity index (χ1v) is 8.77. The van der Waals surface area contributed by atoms with Crippen molar-refractivity contribution >= 4 is 11.8 Å². The van der Waals surface area contributed by atoms with Crippen molar-refractivity contribution in [3.05, 3.63) is 5.82 Å². The second-order valence-electron chi connectivity index (χ2n) is 6.24. The highest BCUT2D eigenvalue weighted by Gasteiger charge is 2.32. The summed E-state index contributed by atoms with van der Waals surface area (Å²) in [6.07, 6.45) is 5.10. The van der Waals surface area contributed by atoms with Gasteiger partial charge >= 0.3 is 0 Å². The van der Waals surface area contributed by atoms with Crippen molar-refractivity contribution in [3.8, 4) is 0 Å². The molecule has 0 saturated heterocycles. The maximum Gasteiger partial charge on any atom is 0.208 e. The number of aromatic amines is 1. The van der Waals surface area contributed by atoms with Crippen molar-refractivity contribution < 1.29 is 0 Å². The molecule has 1 aromatic heterocycles. The summed E-state index contributed by atoms with van der Waals surface area (Å²) >= 11 is 1.85. The van der Waals surface area contributed by atoms with Crippen LogP contribution in [0.1, 0.15) is 52.3 Å². The zero-order valence-corrected chi connectivity index (χ0v) is 14.0. The smallest absolute Gasteiger partial charge is 0.208 e. The molecule has 1 aromatic rings. The van der Waals surface area contributed by atoms with Crippen LogP contribution >= 0.6 is 11.8 Å². The van der Waals surface area contributed by atoms with E-state index in [4.69, 9.17) is 0 Å². The summed E-state index contributed by atoms with van der Waals surface area (Å²) < 4.78 is 0. The van der Waals surface area contributed by atoms with E-state index in [2.05, 4.69) is 41.3 Å². The third-order valence-corrected chi connectivity index (χ3v) is 5.48. The van der Waals surface area contributed by atoms with E-state index >= 15 is 0 Å². The Morgan fingerprint density at radius 1 is 1.40 bits per heavy atom. The molecule has 3 unspecified atom stereocenters. The van der Waals surface area contributed by atoms with Crippen LogP contribution in [0.5, 0.6) is 0 Å². The van der Waals surface area contributed by atoms with Gasteiger partial charge in [0.1, 0.15) is 5.82 Å². The predicted molar refractivity (Wildman–Crippen MR) is 85.0 cm³/mol. The van der Waals surface area contributed by atoms with Crippen LogP contribution in [-0.2, 0) is 0 Å². The molecule has 1 heterocycles. The minimum atomic E-state index is 0.595. The number of nitrogens with zero attached hydrogens (tertiary/aromatic N) is 2. The lowest BCUT2D eigenvalue weighted by atomic mass is 9.79. The summed E-state index contributed by atoms with van der Waals surface area (Å²) in [5, 5.41) is 12.5. The number of nitrogens with one attached hydrogen (secondary N) is 2. The van der Waals surface area contributed by atoms with Crippen LogP contribution in [0, 0.1) is 18.8 Å². The third kappa shape index (κ3) is 4.22. The highest BCUT2D eigenvalue weighted by molar-refractivity contribution is 7.99. The average molecular weight is 296 g/mol. The maximum atomic E-state index is 4.46. The molecule has 1 aliphatic rings. The van der Waals surface area contributed by atoms with Crippen molar-refractivity contribution in [2.75, 3.05) is 6.54 Å². The van der Waals surface area contributed by atoms with Gasteiger partial charge in [-0.1, -0.05) is 32.5 Å². The van der Waals surface area contributed by atoms with Crippen LogP contribution in [0.25, 0.3) is 0 Å². The molecule has 2 N–H and O–H groups in total. The Balaban J connectivity index is 2.00. The van der Waals surface area contributed by atoms with Gasteiger partial charge in [0.15, 0.2) is 0 Å². The highest BCUT2D eigenvalue weighted by atomic mass is 32.2. The Kier molecular flexibility index (Phi) is 5.90. The van der Waals surface area contributed by atoms with E-state index in [9.17, 15) is 0 Å². The number of thioether (sulfide) groups is 1. The van der Waals surface area contributed by atoms with Crippen molar-refractivity contribution in [2.24, 2.45) is 11.8 Å². The first-order chi connectivity index (χ1) is 9.60. The SMILES string of the molecule is CCCNC1CCC(C(C)C)CC1Sc1n[nH]c(C)n1. The van der Waals surface area contributed by atoms with Crippen molar-refractivity contribution in [3.63, 3.8) is 0 Å². The largest absolute Gasteiger partial charge is 0.313 e. The molecule has 0 amide bonds. The lowest BCUT2D eigenvalue weighted by Crippen LogP contribution is -2.43. The monoisotopic (exact) mass is 296 g/mol. The zero-order valence-electron chi connectivity index (χ0n) is 13.1. The Bertz CT molecular complexity index is 404. The third-order valence-electron chi connectivity index (χ3n) is 4.27. The van der Waals surface area contributed by atoms with Crippen molar-refractivity contribution in [1.29, 1.82) is 0 Å². The molecule has 0 radical (unpaired) electrons. The molecule has 0 bridgehead atoms. The maximum absolute atomic E-state index is 4.46. The quantitative estimate of drug-likeness (QED) is 0.845. The summed E-state index contributed by atoms with van der Waals surface area (Å²) in [6.45, 7) is 10.0. The number of H-pyrrole nitrogens is 1. The van der Waals surface area contributed by atoms with E-state index in [1.165, 1.54) is 25.7 Å². The Hall–Kier alpha value is -0.550. The van der Waals surface area contributed by atoms with E-state index in [0.29, 0.717) is 11.3 Å². The molecule has 3 atom stereocenters. The fourth-order valence-corrected chi connectivity index (χ4v) is 4.27. The van der Waals surface area contributed by atoms with Crippen LogP contribution in [0.15, 0.2) is 5.16 Å². The van der Waals surface area contributed by atoms with Crippen LogP contribution in [-0.4, -0.2) is 33.0 Å². The summed E-state index contributed by atoms with van der Waals surface area (Å²) in [4.78, 5) is 4.46. The van der Waals surface area contributed by atoms with Gasteiger partial charge in [-0.15, -0.1) is 5.10 Å². The summed E-state index contributed by atoms with van der Waals surface area (Å²) in [7, 11) is 0. The molecule has 0 aliphatic heterocycles.